The Hall–Kier alpha value is -2.73. The van der Waals surface area contributed by atoms with Gasteiger partial charge in [0, 0.05) is 31.4 Å². The highest BCUT2D eigenvalue weighted by Crippen LogP contribution is 2.12. The van der Waals surface area contributed by atoms with Gasteiger partial charge in [-0.25, -0.2) is 0 Å². The summed E-state index contributed by atoms with van der Waals surface area (Å²) < 4.78 is 5.70. The third kappa shape index (κ3) is 3.78. The van der Waals surface area contributed by atoms with Crippen LogP contribution in [0.1, 0.15) is 10.4 Å². The Bertz CT molecular complexity index is 691. The first-order valence-corrected chi connectivity index (χ1v) is 7.89. The fraction of sp³-hybridized carbons (Fsp3) is 0.278. The maximum Gasteiger partial charge on any atom is 0.295 e. The van der Waals surface area contributed by atoms with E-state index < -0.39 is 11.7 Å². The average Bonchev–Trinajstić information content (AvgIpc) is 2.67. The van der Waals surface area contributed by atoms with E-state index in [1.807, 2.05) is 12.1 Å². The number of piperazine rings is 1. The van der Waals surface area contributed by atoms with Gasteiger partial charge in [-0.3, -0.25) is 14.6 Å². The van der Waals surface area contributed by atoms with Crippen molar-refractivity contribution in [2.24, 2.45) is 0 Å². The van der Waals surface area contributed by atoms with Crippen molar-refractivity contribution in [3.05, 3.63) is 60.4 Å². The average molecular weight is 325 g/mol. The van der Waals surface area contributed by atoms with Gasteiger partial charge in [-0.2, -0.15) is 0 Å². The number of nitrogens with zero attached hydrogens (tertiary/aromatic N) is 2. The van der Waals surface area contributed by atoms with Crippen LogP contribution >= 0.6 is 0 Å². The van der Waals surface area contributed by atoms with Crippen LogP contribution in [0.5, 0.6) is 5.75 Å². The first-order chi connectivity index (χ1) is 11.8. The lowest BCUT2D eigenvalue weighted by molar-refractivity contribution is -0.130. The standard InChI is InChI=1S/C18H19N3O3/c22-17(14-5-2-1-3-6-14)18(23)21-10-9-20-11-15(21)13-24-16-7-4-8-19-12-16/h1-8,12,15,20H,9-11,13H2. The third-order valence-electron chi connectivity index (χ3n) is 3.92. The van der Waals surface area contributed by atoms with E-state index in [1.54, 1.807) is 47.6 Å². The summed E-state index contributed by atoms with van der Waals surface area (Å²) in [7, 11) is 0. The molecule has 24 heavy (non-hydrogen) atoms. The van der Waals surface area contributed by atoms with Crippen molar-refractivity contribution in [2.75, 3.05) is 26.2 Å². The Morgan fingerprint density at radius 2 is 2.04 bits per heavy atom. The molecule has 2 heterocycles. The molecule has 0 bridgehead atoms. The van der Waals surface area contributed by atoms with Gasteiger partial charge in [0.15, 0.2) is 0 Å². The molecule has 1 aromatic carbocycles. The molecule has 1 amide bonds. The largest absolute Gasteiger partial charge is 0.490 e. The molecule has 1 aliphatic heterocycles. The maximum absolute atomic E-state index is 12.6. The van der Waals surface area contributed by atoms with Crippen molar-refractivity contribution in [3.8, 4) is 5.75 Å². The summed E-state index contributed by atoms with van der Waals surface area (Å²) in [5, 5.41) is 3.23. The minimum atomic E-state index is -0.484. The quantitative estimate of drug-likeness (QED) is 0.659. The number of hydrogen-bond acceptors (Lipinski definition) is 5. The van der Waals surface area contributed by atoms with Crippen LogP contribution in [-0.2, 0) is 4.79 Å². The Kier molecular flexibility index (Phi) is 5.18. The molecule has 1 saturated heterocycles. The lowest BCUT2D eigenvalue weighted by Crippen LogP contribution is -2.57. The van der Waals surface area contributed by atoms with E-state index in [4.69, 9.17) is 4.74 Å². The van der Waals surface area contributed by atoms with Crippen LogP contribution in [0.25, 0.3) is 0 Å². The monoisotopic (exact) mass is 325 g/mol. The summed E-state index contributed by atoms with van der Waals surface area (Å²) >= 11 is 0. The zero-order valence-corrected chi connectivity index (χ0v) is 13.2. The van der Waals surface area contributed by atoms with Gasteiger partial charge >= 0.3 is 0 Å². The van der Waals surface area contributed by atoms with Gasteiger partial charge in [-0.15, -0.1) is 0 Å². The van der Waals surface area contributed by atoms with E-state index in [-0.39, 0.29) is 6.04 Å². The molecule has 6 nitrogen and oxygen atoms in total. The maximum atomic E-state index is 12.6. The number of carbonyl (C=O) groups is 2. The molecule has 0 radical (unpaired) electrons. The topological polar surface area (TPSA) is 71.5 Å². The van der Waals surface area contributed by atoms with E-state index in [0.717, 1.165) is 0 Å². The lowest BCUT2D eigenvalue weighted by Gasteiger charge is -2.35. The van der Waals surface area contributed by atoms with Gasteiger partial charge < -0.3 is 15.0 Å². The van der Waals surface area contributed by atoms with Crippen molar-refractivity contribution < 1.29 is 14.3 Å². The molecule has 0 aliphatic carbocycles. The lowest BCUT2D eigenvalue weighted by atomic mass is 10.1. The number of ketones is 1. The van der Waals surface area contributed by atoms with Crippen molar-refractivity contribution in [1.29, 1.82) is 0 Å². The zero-order chi connectivity index (χ0) is 16.8. The summed E-state index contributed by atoms with van der Waals surface area (Å²) in [6.45, 7) is 2.05. The fourth-order valence-corrected chi connectivity index (χ4v) is 2.65. The van der Waals surface area contributed by atoms with Crippen molar-refractivity contribution in [1.82, 2.24) is 15.2 Å². The highest BCUT2D eigenvalue weighted by molar-refractivity contribution is 6.42. The predicted molar refractivity (Wildman–Crippen MR) is 88.9 cm³/mol. The van der Waals surface area contributed by atoms with Crippen molar-refractivity contribution in [2.45, 2.75) is 6.04 Å². The second-order valence-electron chi connectivity index (χ2n) is 5.55. The number of benzene rings is 1. The van der Waals surface area contributed by atoms with E-state index >= 15 is 0 Å². The molecule has 1 aromatic heterocycles. The zero-order valence-electron chi connectivity index (χ0n) is 13.2. The molecule has 6 heteroatoms. The Morgan fingerprint density at radius 1 is 1.21 bits per heavy atom. The highest BCUT2D eigenvalue weighted by atomic mass is 16.5. The van der Waals surface area contributed by atoms with Gasteiger partial charge in [0.05, 0.1) is 12.2 Å². The molecule has 1 fully saturated rings. The van der Waals surface area contributed by atoms with E-state index in [9.17, 15) is 9.59 Å². The number of Topliss-reactive ketones (excluding diaryl/α,β-unsaturated/α-hetero) is 1. The van der Waals surface area contributed by atoms with E-state index in [1.165, 1.54) is 0 Å². The first-order valence-electron chi connectivity index (χ1n) is 7.89. The number of rotatable bonds is 5. The molecule has 1 N–H and O–H groups in total. The highest BCUT2D eigenvalue weighted by Gasteiger charge is 2.31. The molecule has 3 rings (SSSR count). The number of aromatic nitrogens is 1. The third-order valence-corrected chi connectivity index (χ3v) is 3.92. The first kappa shape index (κ1) is 16.1. The van der Waals surface area contributed by atoms with Crippen LogP contribution in [0, 0.1) is 0 Å². The van der Waals surface area contributed by atoms with Crippen molar-refractivity contribution in [3.63, 3.8) is 0 Å². The number of ether oxygens (including phenoxy) is 1. The number of amides is 1. The second-order valence-corrected chi connectivity index (χ2v) is 5.55. The van der Waals surface area contributed by atoms with Crippen LogP contribution in [0.15, 0.2) is 54.9 Å². The normalized spacial score (nSPS) is 17.3. The van der Waals surface area contributed by atoms with Crippen LogP contribution in [-0.4, -0.2) is 53.9 Å². The number of pyridine rings is 1. The SMILES string of the molecule is O=C(C(=O)N1CCNCC1COc1cccnc1)c1ccccc1. The number of nitrogens with one attached hydrogen (secondary N) is 1. The van der Waals surface area contributed by atoms with Gasteiger partial charge in [0.25, 0.3) is 5.91 Å². The summed E-state index contributed by atoms with van der Waals surface area (Å²) in [6.07, 6.45) is 3.29. The summed E-state index contributed by atoms with van der Waals surface area (Å²) in [4.78, 5) is 30.6. The molecule has 1 unspecified atom stereocenters. The van der Waals surface area contributed by atoms with E-state index in [0.29, 0.717) is 37.6 Å². The minimum Gasteiger partial charge on any atom is -0.490 e. The molecule has 0 saturated carbocycles. The van der Waals surface area contributed by atoms with Crippen LogP contribution in [0.2, 0.25) is 0 Å². The Morgan fingerprint density at radius 3 is 2.79 bits per heavy atom. The summed E-state index contributed by atoms with van der Waals surface area (Å²) in [5.74, 6) is -0.323. The number of carbonyl (C=O) groups excluding carboxylic acids is 2. The molecule has 0 spiro atoms. The Balaban J connectivity index is 1.67. The van der Waals surface area contributed by atoms with Crippen molar-refractivity contribution >= 4 is 11.7 Å². The molecule has 1 aliphatic rings. The Labute approximate surface area is 140 Å². The second kappa shape index (κ2) is 7.70. The van der Waals surface area contributed by atoms with Gasteiger partial charge in [0.2, 0.25) is 5.78 Å². The van der Waals surface area contributed by atoms with Gasteiger partial charge in [-0.1, -0.05) is 30.3 Å². The molecule has 2 aromatic rings. The number of hydrogen-bond donors (Lipinski definition) is 1. The summed E-state index contributed by atoms with van der Waals surface area (Å²) in [6, 6.07) is 12.0. The smallest absolute Gasteiger partial charge is 0.295 e. The summed E-state index contributed by atoms with van der Waals surface area (Å²) in [5.41, 5.74) is 0.410. The van der Waals surface area contributed by atoms with Crippen LogP contribution in [0.4, 0.5) is 0 Å². The van der Waals surface area contributed by atoms with Crippen LogP contribution < -0.4 is 10.1 Å². The van der Waals surface area contributed by atoms with Crippen LogP contribution in [0.3, 0.4) is 0 Å². The minimum absolute atomic E-state index is 0.195. The van der Waals surface area contributed by atoms with Gasteiger partial charge in [-0.05, 0) is 12.1 Å². The molecule has 124 valence electrons. The van der Waals surface area contributed by atoms with E-state index in [2.05, 4.69) is 10.3 Å². The molecular weight excluding hydrogens is 306 g/mol. The molecule has 1 atom stereocenters. The molecular formula is C18H19N3O3. The predicted octanol–water partition coefficient (Wildman–Crippen LogP) is 1.14. The van der Waals surface area contributed by atoms with Gasteiger partial charge in [0.1, 0.15) is 12.4 Å². The fourth-order valence-electron chi connectivity index (χ4n) is 2.65.